The Morgan fingerprint density at radius 2 is 1.84 bits per heavy atom. The smallest absolute Gasteiger partial charge is 0.251 e. The summed E-state index contributed by atoms with van der Waals surface area (Å²) in [6.07, 6.45) is 4.93. The maximum atomic E-state index is 12.2. The molecule has 3 rings (SSSR count). The van der Waals surface area contributed by atoms with Crippen LogP contribution in [0.2, 0.25) is 0 Å². The molecule has 1 aliphatic heterocycles. The lowest BCUT2D eigenvalue weighted by atomic mass is 10.0. The number of piperidine rings is 1. The number of amides is 1. The van der Waals surface area contributed by atoms with E-state index in [1.807, 2.05) is 31.2 Å². The van der Waals surface area contributed by atoms with Crippen molar-refractivity contribution < 1.29 is 4.79 Å². The van der Waals surface area contributed by atoms with Gasteiger partial charge in [-0.15, -0.1) is 0 Å². The molecule has 2 fully saturated rings. The summed E-state index contributed by atoms with van der Waals surface area (Å²) in [5, 5.41) is 3.19. The molecular formula is C16H22N2O. The van der Waals surface area contributed by atoms with Crippen LogP contribution in [0.15, 0.2) is 24.3 Å². The largest absolute Gasteiger partial charge is 0.349 e. The summed E-state index contributed by atoms with van der Waals surface area (Å²) < 4.78 is 0. The fourth-order valence-electron chi connectivity index (χ4n) is 2.94. The highest BCUT2D eigenvalue weighted by Gasteiger charge is 2.32. The molecule has 0 aromatic heterocycles. The van der Waals surface area contributed by atoms with E-state index in [0.717, 1.165) is 43.1 Å². The van der Waals surface area contributed by atoms with E-state index in [1.54, 1.807) is 0 Å². The molecule has 0 unspecified atom stereocenters. The molecule has 2 aliphatic rings. The predicted octanol–water partition coefficient (Wildman–Crippen LogP) is 2.35. The number of hydrogen-bond donors (Lipinski definition) is 1. The van der Waals surface area contributed by atoms with Crippen LogP contribution >= 0.6 is 0 Å². The fourth-order valence-corrected chi connectivity index (χ4v) is 2.94. The molecule has 0 radical (unpaired) electrons. The number of carbonyl (C=O) groups excluding carboxylic acids is 1. The third-order valence-corrected chi connectivity index (χ3v) is 4.32. The van der Waals surface area contributed by atoms with E-state index in [4.69, 9.17) is 0 Å². The van der Waals surface area contributed by atoms with E-state index in [-0.39, 0.29) is 5.91 Å². The Morgan fingerprint density at radius 1 is 1.16 bits per heavy atom. The van der Waals surface area contributed by atoms with Crippen molar-refractivity contribution in [3.63, 3.8) is 0 Å². The van der Waals surface area contributed by atoms with Crippen LogP contribution in [0.3, 0.4) is 0 Å². The zero-order valence-corrected chi connectivity index (χ0v) is 11.6. The molecule has 1 heterocycles. The number of rotatable bonds is 3. The molecule has 3 nitrogen and oxygen atoms in total. The molecule has 1 aliphatic carbocycles. The summed E-state index contributed by atoms with van der Waals surface area (Å²) >= 11 is 0. The van der Waals surface area contributed by atoms with Crippen LogP contribution < -0.4 is 5.32 Å². The van der Waals surface area contributed by atoms with Gasteiger partial charge in [0.2, 0.25) is 0 Å². The van der Waals surface area contributed by atoms with Crippen LogP contribution in [0.1, 0.15) is 41.6 Å². The number of nitrogens with one attached hydrogen (secondary N) is 1. The van der Waals surface area contributed by atoms with E-state index in [0.29, 0.717) is 6.04 Å². The van der Waals surface area contributed by atoms with E-state index in [1.165, 1.54) is 12.8 Å². The Morgan fingerprint density at radius 3 is 2.47 bits per heavy atom. The van der Waals surface area contributed by atoms with Crippen molar-refractivity contribution in [1.29, 1.82) is 0 Å². The lowest BCUT2D eigenvalue weighted by Crippen LogP contribution is -2.45. The maximum Gasteiger partial charge on any atom is 0.251 e. The number of carbonyl (C=O) groups is 1. The highest BCUT2D eigenvalue weighted by molar-refractivity contribution is 5.95. The first-order valence-corrected chi connectivity index (χ1v) is 7.34. The molecule has 0 atom stereocenters. The Hall–Kier alpha value is -1.35. The van der Waals surface area contributed by atoms with Gasteiger partial charge in [0, 0.05) is 30.7 Å². The van der Waals surface area contributed by atoms with Gasteiger partial charge in [-0.25, -0.2) is 0 Å². The van der Waals surface area contributed by atoms with Crippen LogP contribution in [0.4, 0.5) is 0 Å². The first kappa shape index (κ1) is 12.7. The predicted molar refractivity (Wildman–Crippen MR) is 76.3 cm³/mol. The minimum Gasteiger partial charge on any atom is -0.349 e. The molecule has 1 aromatic carbocycles. The average molecular weight is 258 g/mol. The molecule has 1 amide bonds. The third kappa shape index (κ3) is 2.98. The summed E-state index contributed by atoms with van der Waals surface area (Å²) in [6.45, 7) is 4.28. The van der Waals surface area contributed by atoms with E-state index >= 15 is 0 Å². The molecule has 3 heteroatoms. The third-order valence-electron chi connectivity index (χ3n) is 4.32. The molecule has 102 valence electrons. The van der Waals surface area contributed by atoms with Crippen molar-refractivity contribution in [2.75, 3.05) is 13.1 Å². The van der Waals surface area contributed by atoms with Gasteiger partial charge in [0.25, 0.3) is 5.91 Å². The molecular weight excluding hydrogens is 236 g/mol. The second-order valence-electron chi connectivity index (χ2n) is 5.83. The van der Waals surface area contributed by atoms with Crippen LogP contribution in [0.5, 0.6) is 0 Å². The first-order valence-electron chi connectivity index (χ1n) is 7.34. The number of benzene rings is 1. The summed E-state index contributed by atoms with van der Waals surface area (Å²) in [7, 11) is 0. The van der Waals surface area contributed by atoms with Crippen molar-refractivity contribution in [2.45, 2.75) is 44.7 Å². The quantitative estimate of drug-likeness (QED) is 0.902. The van der Waals surface area contributed by atoms with Crippen molar-refractivity contribution in [3.8, 4) is 0 Å². The minimum atomic E-state index is 0.0861. The van der Waals surface area contributed by atoms with Gasteiger partial charge in [-0.1, -0.05) is 18.2 Å². The molecule has 1 saturated carbocycles. The fraction of sp³-hybridized carbons (Fsp3) is 0.562. The summed E-state index contributed by atoms with van der Waals surface area (Å²) in [4.78, 5) is 14.8. The van der Waals surface area contributed by atoms with Gasteiger partial charge in [-0.2, -0.15) is 0 Å². The van der Waals surface area contributed by atoms with Gasteiger partial charge in [0.05, 0.1) is 0 Å². The molecule has 1 aromatic rings. The van der Waals surface area contributed by atoms with Gasteiger partial charge in [0.15, 0.2) is 0 Å². The highest BCUT2D eigenvalue weighted by atomic mass is 16.1. The van der Waals surface area contributed by atoms with Crippen LogP contribution in [-0.2, 0) is 0 Å². The number of likely N-dealkylation sites (tertiary alicyclic amines) is 1. The van der Waals surface area contributed by atoms with Crippen molar-refractivity contribution in [2.24, 2.45) is 0 Å². The number of nitrogens with zero attached hydrogens (tertiary/aromatic N) is 1. The zero-order valence-electron chi connectivity index (χ0n) is 11.6. The van der Waals surface area contributed by atoms with Gasteiger partial charge < -0.3 is 10.2 Å². The standard InChI is InChI=1S/C16H22N2O/c1-12-4-2-3-5-15(12)16(19)17-13-8-10-18(11-9-13)14-6-7-14/h2-5,13-14H,6-11H2,1H3,(H,17,19). The lowest BCUT2D eigenvalue weighted by molar-refractivity contribution is 0.0908. The Balaban J connectivity index is 1.54. The minimum absolute atomic E-state index is 0.0861. The van der Waals surface area contributed by atoms with Crippen molar-refractivity contribution in [3.05, 3.63) is 35.4 Å². The number of aryl methyl sites for hydroxylation is 1. The van der Waals surface area contributed by atoms with Crippen LogP contribution in [-0.4, -0.2) is 36.0 Å². The molecule has 0 spiro atoms. The second kappa shape index (κ2) is 5.33. The van der Waals surface area contributed by atoms with Crippen molar-refractivity contribution >= 4 is 5.91 Å². The SMILES string of the molecule is Cc1ccccc1C(=O)NC1CCN(C2CC2)CC1. The van der Waals surface area contributed by atoms with Gasteiger partial charge >= 0.3 is 0 Å². The topological polar surface area (TPSA) is 32.3 Å². The lowest BCUT2D eigenvalue weighted by Gasteiger charge is -2.32. The van der Waals surface area contributed by atoms with Gasteiger partial charge in [-0.05, 0) is 44.2 Å². The Kier molecular flexibility index (Phi) is 3.56. The van der Waals surface area contributed by atoms with Gasteiger partial charge in [-0.3, -0.25) is 4.79 Å². The van der Waals surface area contributed by atoms with E-state index < -0.39 is 0 Å². The van der Waals surface area contributed by atoms with Crippen LogP contribution in [0, 0.1) is 6.92 Å². The van der Waals surface area contributed by atoms with E-state index in [2.05, 4.69) is 10.2 Å². The molecule has 0 bridgehead atoms. The Labute approximate surface area is 115 Å². The summed E-state index contributed by atoms with van der Waals surface area (Å²) in [5.74, 6) is 0.0861. The van der Waals surface area contributed by atoms with Crippen LogP contribution in [0.25, 0.3) is 0 Å². The molecule has 19 heavy (non-hydrogen) atoms. The first-order chi connectivity index (χ1) is 9.24. The van der Waals surface area contributed by atoms with Gasteiger partial charge in [0.1, 0.15) is 0 Å². The monoisotopic (exact) mass is 258 g/mol. The molecule has 1 saturated heterocycles. The van der Waals surface area contributed by atoms with Crippen molar-refractivity contribution in [1.82, 2.24) is 10.2 Å². The summed E-state index contributed by atoms with van der Waals surface area (Å²) in [5.41, 5.74) is 1.86. The average Bonchev–Trinajstić information content (AvgIpc) is 3.24. The second-order valence-corrected chi connectivity index (χ2v) is 5.83. The maximum absolute atomic E-state index is 12.2. The summed E-state index contributed by atoms with van der Waals surface area (Å²) in [6, 6.07) is 9.00. The van der Waals surface area contributed by atoms with E-state index in [9.17, 15) is 4.79 Å². The normalized spacial score (nSPS) is 21.3. The number of hydrogen-bond acceptors (Lipinski definition) is 2. The molecule has 1 N–H and O–H groups in total. The Bertz CT molecular complexity index is 460. The zero-order chi connectivity index (χ0) is 13.2. The highest BCUT2D eigenvalue weighted by Crippen LogP contribution is 2.29.